The van der Waals surface area contributed by atoms with Crippen LogP contribution in [0.5, 0.6) is 0 Å². The Morgan fingerprint density at radius 2 is 2.03 bits per heavy atom. The van der Waals surface area contributed by atoms with Gasteiger partial charge in [0, 0.05) is 51.6 Å². The molecule has 2 aromatic rings. The van der Waals surface area contributed by atoms with E-state index in [2.05, 4.69) is 15.6 Å². The van der Waals surface area contributed by atoms with Crippen molar-refractivity contribution in [3.05, 3.63) is 52.2 Å². The molecule has 0 aliphatic carbocycles. The average Bonchev–Trinajstić information content (AvgIpc) is 2.75. The SMILES string of the molecule is CNc1nc(CNCC2(F)CCN(C(=O)c3ccc(SF)c(Cl)c3)CC2)ccc1C. The van der Waals surface area contributed by atoms with Gasteiger partial charge in [-0.05, 0) is 36.8 Å². The largest absolute Gasteiger partial charge is 0.373 e. The molecule has 3 rings (SSSR count). The van der Waals surface area contributed by atoms with Crippen molar-refractivity contribution in [2.24, 2.45) is 0 Å². The lowest BCUT2D eigenvalue weighted by Gasteiger charge is -2.36. The molecule has 30 heavy (non-hydrogen) atoms. The normalized spacial score (nSPS) is 15.8. The molecule has 5 nitrogen and oxygen atoms in total. The molecule has 2 heterocycles. The maximum atomic E-state index is 15.2. The van der Waals surface area contributed by atoms with E-state index in [0.717, 1.165) is 17.1 Å². The molecule has 0 atom stereocenters. The summed E-state index contributed by atoms with van der Waals surface area (Å²) in [5.74, 6) is 0.597. The van der Waals surface area contributed by atoms with Crippen LogP contribution in [0.3, 0.4) is 0 Å². The Kier molecular flexibility index (Phi) is 7.55. The summed E-state index contributed by atoms with van der Waals surface area (Å²) in [6.07, 6.45) is 0.502. The summed E-state index contributed by atoms with van der Waals surface area (Å²) in [5, 5.41) is 6.39. The van der Waals surface area contributed by atoms with Gasteiger partial charge in [0.15, 0.2) is 0 Å². The van der Waals surface area contributed by atoms with Crippen LogP contribution in [0.2, 0.25) is 5.02 Å². The maximum Gasteiger partial charge on any atom is 0.253 e. The van der Waals surface area contributed by atoms with Gasteiger partial charge in [-0.1, -0.05) is 17.7 Å². The predicted molar refractivity (Wildman–Crippen MR) is 118 cm³/mol. The highest BCUT2D eigenvalue weighted by molar-refractivity contribution is 7.94. The van der Waals surface area contributed by atoms with Gasteiger partial charge < -0.3 is 15.5 Å². The van der Waals surface area contributed by atoms with E-state index in [1.807, 2.05) is 26.1 Å². The second-order valence-corrected chi connectivity index (χ2v) is 8.49. The molecule has 0 unspecified atom stereocenters. The molecule has 1 amide bonds. The van der Waals surface area contributed by atoms with E-state index in [1.165, 1.54) is 12.1 Å². The summed E-state index contributed by atoms with van der Waals surface area (Å²) >= 11 is 6.02. The van der Waals surface area contributed by atoms with Crippen molar-refractivity contribution in [3.8, 4) is 0 Å². The summed E-state index contributed by atoms with van der Waals surface area (Å²) in [5.41, 5.74) is 0.903. The van der Waals surface area contributed by atoms with E-state index in [4.69, 9.17) is 11.6 Å². The van der Waals surface area contributed by atoms with Gasteiger partial charge in [0.05, 0.1) is 27.8 Å². The predicted octanol–water partition coefficient (Wildman–Crippen LogP) is 4.80. The first-order chi connectivity index (χ1) is 14.3. The molecule has 1 aromatic carbocycles. The number of likely N-dealkylation sites (tertiary alicyclic amines) is 1. The standard InChI is InChI=1S/C21H25ClF2N4OS/c1-14-3-5-16(27-19(14)25-2)12-26-13-21(23)7-9-28(10-8-21)20(29)15-4-6-18(30-24)17(22)11-15/h3-6,11,26H,7-10,12-13H2,1-2H3,(H,25,27). The van der Waals surface area contributed by atoms with Crippen molar-refractivity contribution >= 4 is 35.5 Å². The lowest BCUT2D eigenvalue weighted by Crippen LogP contribution is -2.48. The molecule has 162 valence electrons. The van der Waals surface area contributed by atoms with Crippen LogP contribution in [-0.2, 0) is 6.54 Å². The minimum atomic E-state index is -1.38. The summed E-state index contributed by atoms with van der Waals surface area (Å²) in [4.78, 5) is 19.1. The summed E-state index contributed by atoms with van der Waals surface area (Å²) < 4.78 is 27.9. The van der Waals surface area contributed by atoms with Crippen LogP contribution in [-0.4, -0.2) is 48.1 Å². The molecule has 0 bridgehead atoms. The second-order valence-electron chi connectivity index (χ2n) is 7.49. The van der Waals surface area contributed by atoms with Gasteiger partial charge in [0.1, 0.15) is 11.5 Å². The number of piperidine rings is 1. The first-order valence-corrected chi connectivity index (χ1v) is 10.9. The van der Waals surface area contributed by atoms with Crippen molar-refractivity contribution in [1.29, 1.82) is 0 Å². The minimum Gasteiger partial charge on any atom is -0.373 e. The Morgan fingerprint density at radius 3 is 2.67 bits per heavy atom. The van der Waals surface area contributed by atoms with Crippen molar-refractivity contribution in [3.63, 3.8) is 0 Å². The molecule has 9 heteroatoms. The van der Waals surface area contributed by atoms with Crippen LogP contribution < -0.4 is 10.6 Å². The number of aryl methyl sites for hydroxylation is 1. The molecule has 1 aromatic heterocycles. The minimum absolute atomic E-state index is 0.0384. The molecular weight excluding hydrogens is 430 g/mol. The maximum absolute atomic E-state index is 15.2. The van der Waals surface area contributed by atoms with Crippen LogP contribution in [0.1, 0.15) is 34.5 Å². The Bertz CT molecular complexity index is 907. The first-order valence-electron chi connectivity index (χ1n) is 9.76. The van der Waals surface area contributed by atoms with E-state index in [1.54, 1.807) is 11.0 Å². The Morgan fingerprint density at radius 1 is 1.30 bits per heavy atom. The summed E-state index contributed by atoms with van der Waals surface area (Å²) in [6.45, 7) is 3.29. The number of hydrogen-bond donors (Lipinski definition) is 2. The Labute approximate surface area is 184 Å². The van der Waals surface area contributed by atoms with Crippen LogP contribution in [0.4, 0.5) is 14.1 Å². The zero-order valence-electron chi connectivity index (χ0n) is 17.0. The number of pyridine rings is 1. The van der Waals surface area contributed by atoms with Crippen molar-refractivity contribution in [1.82, 2.24) is 15.2 Å². The molecule has 0 spiro atoms. The second kappa shape index (κ2) is 9.94. The van der Waals surface area contributed by atoms with Crippen molar-refractivity contribution in [2.45, 2.75) is 36.9 Å². The molecule has 1 fully saturated rings. The number of alkyl halides is 1. The zero-order chi connectivity index (χ0) is 21.7. The number of hydrogen-bond acceptors (Lipinski definition) is 5. The number of carbonyl (C=O) groups excluding carboxylic acids is 1. The number of nitrogens with zero attached hydrogens (tertiary/aromatic N) is 2. The van der Waals surface area contributed by atoms with Gasteiger partial charge in [-0.25, -0.2) is 9.37 Å². The molecular formula is C21H25ClF2N4OS. The number of aromatic nitrogens is 1. The average molecular weight is 455 g/mol. The molecule has 1 aliphatic heterocycles. The molecule has 0 radical (unpaired) electrons. The molecule has 0 saturated carbocycles. The van der Waals surface area contributed by atoms with E-state index in [0.29, 0.717) is 25.2 Å². The van der Waals surface area contributed by atoms with E-state index < -0.39 is 5.67 Å². The number of carbonyl (C=O) groups is 1. The quantitative estimate of drug-likeness (QED) is 0.629. The fourth-order valence-electron chi connectivity index (χ4n) is 3.50. The summed E-state index contributed by atoms with van der Waals surface area (Å²) in [7, 11) is 1.82. The zero-order valence-corrected chi connectivity index (χ0v) is 18.5. The van der Waals surface area contributed by atoms with Crippen molar-refractivity contribution < 1.29 is 13.1 Å². The monoisotopic (exact) mass is 454 g/mol. The van der Waals surface area contributed by atoms with Crippen LogP contribution in [0.25, 0.3) is 0 Å². The number of nitrogens with one attached hydrogen (secondary N) is 2. The van der Waals surface area contributed by atoms with Gasteiger partial charge in [-0.2, -0.15) is 3.89 Å². The van der Waals surface area contributed by atoms with Gasteiger partial charge in [0.2, 0.25) is 0 Å². The smallest absolute Gasteiger partial charge is 0.253 e. The van der Waals surface area contributed by atoms with Gasteiger partial charge in [0.25, 0.3) is 5.91 Å². The highest BCUT2D eigenvalue weighted by Gasteiger charge is 2.36. The lowest BCUT2D eigenvalue weighted by atomic mass is 9.92. The van der Waals surface area contributed by atoms with Crippen LogP contribution in [0.15, 0.2) is 35.2 Å². The molecule has 1 aliphatic rings. The molecule has 1 saturated heterocycles. The van der Waals surface area contributed by atoms with E-state index in [9.17, 15) is 8.68 Å². The van der Waals surface area contributed by atoms with Gasteiger partial charge >= 0.3 is 0 Å². The highest BCUT2D eigenvalue weighted by atomic mass is 35.5. The fourth-order valence-corrected chi connectivity index (χ4v) is 4.02. The Balaban J connectivity index is 1.51. The number of benzene rings is 1. The van der Waals surface area contributed by atoms with Crippen LogP contribution >= 0.6 is 23.7 Å². The molecule has 2 N–H and O–H groups in total. The summed E-state index contributed by atoms with van der Waals surface area (Å²) in [6, 6.07) is 8.39. The lowest BCUT2D eigenvalue weighted by molar-refractivity contribution is 0.0434. The topological polar surface area (TPSA) is 57.3 Å². The highest BCUT2D eigenvalue weighted by Crippen LogP contribution is 2.30. The van der Waals surface area contributed by atoms with Gasteiger partial charge in [-0.15, -0.1) is 0 Å². The number of anilines is 1. The van der Waals surface area contributed by atoms with E-state index in [-0.39, 0.29) is 47.4 Å². The third-order valence-electron chi connectivity index (χ3n) is 5.35. The van der Waals surface area contributed by atoms with E-state index >= 15 is 4.39 Å². The third kappa shape index (κ3) is 5.42. The third-order valence-corrected chi connectivity index (χ3v) is 6.30. The first kappa shape index (κ1) is 22.8. The number of amides is 1. The number of halogens is 3. The number of rotatable bonds is 7. The van der Waals surface area contributed by atoms with Gasteiger partial charge in [-0.3, -0.25) is 4.79 Å². The fraction of sp³-hybridized carbons (Fsp3) is 0.429. The Hall–Kier alpha value is -1.90. The van der Waals surface area contributed by atoms with Crippen LogP contribution in [0, 0.1) is 6.92 Å². The van der Waals surface area contributed by atoms with Crippen molar-refractivity contribution in [2.75, 3.05) is 32.0 Å².